The molecule has 2 atom stereocenters. The van der Waals surface area contributed by atoms with E-state index in [4.69, 9.17) is 4.74 Å². The molecule has 4 rings (SSSR count). The fourth-order valence-electron chi connectivity index (χ4n) is 4.70. The molecular weight excluding hydrogens is 453 g/mol. The van der Waals surface area contributed by atoms with Crippen molar-refractivity contribution >= 4 is 18.0 Å². The summed E-state index contributed by atoms with van der Waals surface area (Å²) in [6, 6.07) is 12.0. The predicted octanol–water partition coefficient (Wildman–Crippen LogP) is 3.92. The number of carboxylic acids is 1. The summed E-state index contributed by atoms with van der Waals surface area (Å²) in [4.78, 5) is 37.5. The molecule has 1 saturated heterocycles. The molecule has 1 aliphatic carbocycles. The highest BCUT2D eigenvalue weighted by Gasteiger charge is 2.42. The molecule has 34 heavy (non-hydrogen) atoms. The highest BCUT2D eigenvalue weighted by molar-refractivity contribution is 5.90. The molecule has 1 fully saturated rings. The highest BCUT2D eigenvalue weighted by Crippen LogP contribution is 2.44. The standard InChI is InChI=1S/C24H23F3N2O5/c25-24(26,27)12-19(21(30)29-11-5-10-20(29)22(31)32)28-23(33)34-13-18-16-8-3-1-6-14(16)15-7-2-4-9-17(15)18/h1-4,6-9,18-20H,5,10-13H2,(H,28,33)(H,31,32)/t19?,20-/m0/s1. The third-order valence-electron chi connectivity index (χ3n) is 6.19. The lowest BCUT2D eigenvalue weighted by Crippen LogP contribution is -2.53. The van der Waals surface area contributed by atoms with E-state index in [1.165, 1.54) is 0 Å². The second-order valence-corrected chi connectivity index (χ2v) is 8.37. The molecule has 2 amide bonds. The van der Waals surface area contributed by atoms with Crippen LogP contribution < -0.4 is 5.32 Å². The Hall–Kier alpha value is -3.56. The highest BCUT2D eigenvalue weighted by atomic mass is 19.4. The minimum Gasteiger partial charge on any atom is -0.480 e. The number of benzene rings is 2. The summed E-state index contributed by atoms with van der Waals surface area (Å²) in [6.07, 6.45) is -7.05. The molecule has 1 heterocycles. The van der Waals surface area contributed by atoms with E-state index in [1.807, 2.05) is 53.8 Å². The molecule has 0 radical (unpaired) electrons. The maximum Gasteiger partial charge on any atom is 0.407 e. The summed E-state index contributed by atoms with van der Waals surface area (Å²) in [5.41, 5.74) is 3.85. The molecule has 0 aromatic heterocycles. The molecule has 2 aromatic carbocycles. The first kappa shape index (κ1) is 23.6. The van der Waals surface area contributed by atoms with Gasteiger partial charge in [0, 0.05) is 12.5 Å². The number of alkyl halides is 3. The summed E-state index contributed by atoms with van der Waals surface area (Å²) in [7, 11) is 0. The van der Waals surface area contributed by atoms with Crippen molar-refractivity contribution in [1.82, 2.24) is 10.2 Å². The number of nitrogens with one attached hydrogen (secondary N) is 1. The quantitative estimate of drug-likeness (QED) is 0.659. The number of carbonyl (C=O) groups is 3. The molecule has 1 aliphatic heterocycles. The van der Waals surface area contributed by atoms with Crippen LogP contribution in [0, 0.1) is 0 Å². The largest absolute Gasteiger partial charge is 0.480 e. The van der Waals surface area contributed by atoms with E-state index in [1.54, 1.807) is 0 Å². The van der Waals surface area contributed by atoms with E-state index in [-0.39, 0.29) is 25.5 Å². The molecule has 0 bridgehead atoms. The van der Waals surface area contributed by atoms with E-state index >= 15 is 0 Å². The number of hydrogen-bond acceptors (Lipinski definition) is 4. The zero-order valence-corrected chi connectivity index (χ0v) is 18.0. The van der Waals surface area contributed by atoms with Gasteiger partial charge in [0.05, 0.1) is 6.42 Å². The molecule has 0 saturated carbocycles. The Balaban J connectivity index is 1.46. The van der Waals surface area contributed by atoms with Gasteiger partial charge in [0.25, 0.3) is 0 Å². The zero-order valence-electron chi connectivity index (χ0n) is 18.0. The van der Waals surface area contributed by atoms with Crippen LogP contribution in [0.25, 0.3) is 11.1 Å². The number of carboxylic acid groups (broad SMARTS) is 1. The monoisotopic (exact) mass is 476 g/mol. The summed E-state index contributed by atoms with van der Waals surface area (Å²) >= 11 is 0. The van der Waals surface area contributed by atoms with Gasteiger partial charge in [-0.3, -0.25) is 4.79 Å². The average Bonchev–Trinajstić information content (AvgIpc) is 3.39. The number of ether oxygens (including phenoxy) is 1. The maximum atomic E-state index is 13.1. The minimum atomic E-state index is -4.75. The van der Waals surface area contributed by atoms with Gasteiger partial charge in [0.1, 0.15) is 18.7 Å². The summed E-state index contributed by atoms with van der Waals surface area (Å²) in [5, 5.41) is 11.3. The second-order valence-electron chi connectivity index (χ2n) is 8.37. The van der Waals surface area contributed by atoms with Crippen molar-refractivity contribution in [3.63, 3.8) is 0 Å². The van der Waals surface area contributed by atoms with Crippen molar-refractivity contribution in [2.45, 2.75) is 43.4 Å². The molecule has 7 nitrogen and oxygen atoms in total. The first-order chi connectivity index (χ1) is 16.2. The third-order valence-corrected chi connectivity index (χ3v) is 6.19. The first-order valence-electron chi connectivity index (χ1n) is 10.9. The normalized spacial score (nSPS) is 18.2. The summed E-state index contributed by atoms with van der Waals surface area (Å²) in [5.74, 6) is -2.68. The van der Waals surface area contributed by atoms with Crippen molar-refractivity contribution < 1.29 is 37.4 Å². The van der Waals surface area contributed by atoms with Gasteiger partial charge in [0.15, 0.2) is 0 Å². The van der Waals surface area contributed by atoms with Gasteiger partial charge < -0.3 is 20.1 Å². The second kappa shape index (κ2) is 9.36. The Kier molecular flexibility index (Phi) is 6.49. The Bertz CT molecular complexity index is 1060. The molecule has 2 aromatic rings. The van der Waals surface area contributed by atoms with Gasteiger partial charge in [-0.25, -0.2) is 9.59 Å². The van der Waals surface area contributed by atoms with Gasteiger partial charge in [-0.2, -0.15) is 13.2 Å². The zero-order chi connectivity index (χ0) is 24.5. The van der Waals surface area contributed by atoms with Crippen LogP contribution in [0.5, 0.6) is 0 Å². The van der Waals surface area contributed by atoms with Crippen molar-refractivity contribution in [3.8, 4) is 11.1 Å². The SMILES string of the molecule is O=C(NC(CC(F)(F)F)C(=O)N1CCC[C@H]1C(=O)O)OCC1c2ccccc2-c2ccccc21. The van der Waals surface area contributed by atoms with Gasteiger partial charge in [-0.15, -0.1) is 0 Å². The Morgan fingerprint density at radius 3 is 2.21 bits per heavy atom. The summed E-state index contributed by atoms with van der Waals surface area (Å²) in [6.45, 7) is -0.120. The number of nitrogens with zero attached hydrogens (tertiary/aromatic N) is 1. The fourth-order valence-corrected chi connectivity index (χ4v) is 4.70. The molecule has 2 N–H and O–H groups in total. The Labute approximate surface area is 193 Å². The van der Waals surface area contributed by atoms with Gasteiger partial charge in [0.2, 0.25) is 5.91 Å². The molecular formula is C24H23F3N2O5. The molecule has 10 heteroatoms. The Morgan fingerprint density at radius 1 is 1.06 bits per heavy atom. The Morgan fingerprint density at radius 2 is 1.65 bits per heavy atom. The van der Waals surface area contributed by atoms with Gasteiger partial charge >= 0.3 is 18.2 Å². The van der Waals surface area contributed by atoms with Crippen LogP contribution in [-0.4, -0.2) is 59.4 Å². The lowest BCUT2D eigenvalue weighted by Gasteiger charge is -2.27. The fraction of sp³-hybridized carbons (Fsp3) is 0.375. The molecule has 1 unspecified atom stereocenters. The van der Waals surface area contributed by atoms with Crippen LogP contribution in [0.15, 0.2) is 48.5 Å². The molecule has 2 aliphatic rings. The smallest absolute Gasteiger partial charge is 0.407 e. The van der Waals surface area contributed by atoms with Crippen LogP contribution in [-0.2, 0) is 14.3 Å². The number of likely N-dealkylation sites (tertiary alicyclic amines) is 1. The van der Waals surface area contributed by atoms with Crippen LogP contribution in [0.2, 0.25) is 0 Å². The van der Waals surface area contributed by atoms with E-state index < -0.39 is 42.7 Å². The number of alkyl carbamates (subject to hydrolysis) is 1. The lowest BCUT2D eigenvalue weighted by molar-refractivity contribution is -0.157. The number of aliphatic carboxylic acids is 1. The average molecular weight is 476 g/mol. The van der Waals surface area contributed by atoms with Crippen LogP contribution in [0.1, 0.15) is 36.3 Å². The first-order valence-corrected chi connectivity index (χ1v) is 10.9. The number of rotatable bonds is 6. The lowest BCUT2D eigenvalue weighted by atomic mass is 9.98. The van der Waals surface area contributed by atoms with E-state index in [9.17, 15) is 32.7 Å². The predicted molar refractivity (Wildman–Crippen MR) is 115 cm³/mol. The number of halogens is 3. The van der Waals surface area contributed by atoms with Crippen molar-refractivity contribution in [3.05, 3.63) is 59.7 Å². The molecule has 180 valence electrons. The number of fused-ring (bicyclic) bond motifs is 3. The minimum absolute atomic E-state index is 0.0104. The molecule has 0 spiro atoms. The topological polar surface area (TPSA) is 95.9 Å². The third kappa shape index (κ3) is 4.85. The van der Waals surface area contributed by atoms with E-state index in [0.29, 0.717) is 6.42 Å². The van der Waals surface area contributed by atoms with Gasteiger partial charge in [-0.05, 0) is 35.1 Å². The summed E-state index contributed by atoms with van der Waals surface area (Å²) < 4.78 is 44.7. The van der Waals surface area contributed by atoms with Crippen molar-refractivity contribution in [2.75, 3.05) is 13.2 Å². The number of amides is 2. The van der Waals surface area contributed by atoms with Gasteiger partial charge in [-0.1, -0.05) is 48.5 Å². The van der Waals surface area contributed by atoms with Crippen LogP contribution >= 0.6 is 0 Å². The van der Waals surface area contributed by atoms with Crippen molar-refractivity contribution in [2.24, 2.45) is 0 Å². The van der Waals surface area contributed by atoms with Crippen molar-refractivity contribution in [1.29, 1.82) is 0 Å². The van der Waals surface area contributed by atoms with E-state index in [2.05, 4.69) is 0 Å². The maximum absolute atomic E-state index is 13.1. The number of carbonyl (C=O) groups excluding carboxylic acids is 2. The van der Waals surface area contributed by atoms with E-state index in [0.717, 1.165) is 27.2 Å². The van der Waals surface area contributed by atoms with Crippen LogP contribution in [0.3, 0.4) is 0 Å². The number of hydrogen-bond donors (Lipinski definition) is 2. The van der Waals surface area contributed by atoms with Crippen LogP contribution in [0.4, 0.5) is 18.0 Å².